The molecule has 0 aliphatic rings. The molecule has 0 spiro atoms. The first-order chi connectivity index (χ1) is 4.33. The lowest BCUT2D eigenvalue weighted by Crippen LogP contribution is -2.34. The quantitative estimate of drug-likeness (QED) is 0.336. The van der Waals surface area contributed by atoms with Gasteiger partial charge in [0.15, 0.2) is 0 Å². The van der Waals surface area contributed by atoms with Crippen LogP contribution in [0.2, 0.25) is 0 Å². The molecule has 1 atom stereocenters. The van der Waals surface area contributed by atoms with Gasteiger partial charge in [0.05, 0.1) is 0 Å². The first kappa shape index (κ1) is 9.30. The van der Waals surface area contributed by atoms with E-state index in [9.17, 15) is 13.2 Å². The van der Waals surface area contributed by atoms with E-state index in [0.29, 0.717) is 0 Å². The molecule has 0 aliphatic heterocycles. The summed E-state index contributed by atoms with van der Waals surface area (Å²) < 4.78 is 30.7. The summed E-state index contributed by atoms with van der Waals surface area (Å²) in [4.78, 5) is 9.75. The van der Waals surface area contributed by atoms with E-state index in [1.165, 1.54) is 0 Å². The minimum absolute atomic E-state index is 1.68. The predicted molar refractivity (Wildman–Crippen MR) is 28.2 cm³/mol. The van der Waals surface area contributed by atoms with Gasteiger partial charge in [0.2, 0.25) is 6.23 Å². The molecule has 0 saturated carbocycles. The predicted octanol–water partition coefficient (Wildman–Crippen LogP) is -1.82. The largest absolute Gasteiger partial charge is 0.478 e. The highest BCUT2D eigenvalue weighted by molar-refractivity contribution is 7.80. The fourth-order valence-corrected chi connectivity index (χ4v) is 0.516. The lowest BCUT2D eigenvalue weighted by atomic mass is 10.6. The third-order valence-corrected chi connectivity index (χ3v) is 0.919. The molecule has 1 unspecified atom stereocenters. The second-order valence-corrected chi connectivity index (χ2v) is 2.33. The van der Waals surface area contributed by atoms with Crippen molar-refractivity contribution in [3.8, 4) is 0 Å². The van der Waals surface area contributed by atoms with E-state index >= 15 is 0 Å². The van der Waals surface area contributed by atoms with Crippen molar-refractivity contribution >= 4 is 16.4 Å². The normalized spacial score (nSPS) is 14.6. The van der Waals surface area contributed by atoms with Crippen LogP contribution in [0.5, 0.6) is 0 Å². The number of carboxylic acid groups (broad SMARTS) is 1. The first-order valence-electron chi connectivity index (χ1n) is 1.97. The zero-order valence-corrected chi connectivity index (χ0v) is 5.41. The molecule has 0 saturated heterocycles. The first-order valence-corrected chi connectivity index (χ1v) is 3.33. The Morgan fingerprint density at radius 1 is 1.60 bits per heavy atom. The van der Waals surface area contributed by atoms with E-state index in [4.69, 9.17) is 9.66 Å². The van der Waals surface area contributed by atoms with Gasteiger partial charge in [-0.15, -0.1) is 0 Å². The summed E-state index contributed by atoms with van der Waals surface area (Å²) in [5, 5.41) is 7.92. The third-order valence-electron chi connectivity index (χ3n) is 0.469. The Hall–Kier alpha value is -0.700. The van der Waals surface area contributed by atoms with Crippen LogP contribution in [-0.4, -0.2) is 30.3 Å². The van der Waals surface area contributed by atoms with Crippen LogP contribution in [0.15, 0.2) is 0 Å². The molecule has 0 aromatic heterocycles. The number of carboxylic acids is 1. The molecule has 0 radical (unpaired) electrons. The molecule has 0 rings (SSSR count). The molecule has 8 heteroatoms. The zero-order valence-electron chi connectivity index (χ0n) is 4.59. The number of hydrogen-bond donors (Lipinski definition) is 3. The monoisotopic (exact) mass is 171 g/mol. The Labute approximate surface area is 56.4 Å². The molecule has 0 aromatic carbocycles. The molecule has 60 valence electrons. The second-order valence-electron chi connectivity index (χ2n) is 1.28. The van der Waals surface area contributed by atoms with Gasteiger partial charge in [-0.25, -0.2) is 8.98 Å². The van der Waals surface area contributed by atoms with Crippen molar-refractivity contribution in [3.63, 3.8) is 0 Å². The Kier molecular flexibility index (Phi) is 2.72. The topological polar surface area (TPSA) is 127 Å². The van der Waals surface area contributed by atoms with Crippen LogP contribution in [0.1, 0.15) is 0 Å². The van der Waals surface area contributed by atoms with Gasteiger partial charge in [0.25, 0.3) is 0 Å². The van der Waals surface area contributed by atoms with Crippen LogP contribution in [0, 0.1) is 0 Å². The zero-order chi connectivity index (χ0) is 8.36. The van der Waals surface area contributed by atoms with Gasteiger partial charge in [0, 0.05) is 0 Å². The van der Waals surface area contributed by atoms with Crippen LogP contribution < -0.4 is 5.73 Å². The molecular weight excluding hydrogens is 166 g/mol. The Bertz CT molecular complexity index is 218. The minimum Gasteiger partial charge on any atom is -0.478 e. The molecule has 0 aliphatic carbocycles. The Morgan fingerprint density at radius 3 is 2.10 bits per heavy atom. The Morgan fingerprint density at radius 2 is 2.00 bits per heavy atom. The molecule has 0 fully saturated rings. The van der Waals surface area contributed by atoms with Gasteiger partial charge in [-0.05, 0) is 0 Å². The third kappa shape index (κ3) is 4.21. The van der Waals surface area contributed by atoms with Gasteiger partial charge >= 0.3 is 16.4 Å². The molecular formula is C2H5NO6S. The van der Waals surface area contributed by atoms with Crippen molar-refractivity contribution in [3.05, 3.63) is 0 Å². The van der Waals surface area contributed by atoms with Crippen LogP contribution in [0.25, 0.3) is 0 Å². The van der Waals surface area contributed by atoms with E-state index in [1.54, 1.807) is 0 Å². The molecule has 10 heavy (non-hydrogen) atoms. The fraction of sp³-hybridized carbons (Fsp3) is 0.500. The van der Waals surface area contributed by atoms with Gasteiger partial charge in [0.1, 0.15) is 0 Å². The molecule has 0 aromatic rings. The van der Waals surface area contributed by atoms with Gasteiger partial charge in [-0.2, -0.15) is 8.42 Å². The fourth-order valence-electron chi connectivity index (χ4n) is 0.172. The maximum atomic E-state index is 9.75. The summed E-state index contributed by atoms with van der Waals surface area (Å²) in [6.45, 7) is 0. The van der Waals surface area contributed by atoms with Gasteiger partial charge in [-0.1, -0.05) is 0 Å². The van der Waals surface area contributed by atoms with E-state index in [-0.39, 0.29) is 0 Å². The standard InChI is InChI=1S/C2H5NO6S/c3-1(2(4)5)9-10(6,7)8/h1H,3H2,(H,4,5)(H,6,7,8). The molecule has 0 amide bonds. The maximum Gasteiger partial charge on any atom is 0.399 e. The van der Waals surface area contributed by atoms with Crippen molar-refractivity contribution in [2.24, 2.45) is 5.73 Å². The average molecular weight is 171 g/mol. The van der Waals surface area contributed by atoms with Crippen LogP contribution in [0.4, 0.5) is 0 Å². The van der Waals surface area contributed by atoms with Crippen molar-refractivity contribution < 1.29 is 27.1 Å². The van der Waals surface area contributed by atoms with Crippen molar-refractivity contribution in [1.82, 2.24) is 0 Å². The van der Waals surface area contributed by atoms with Crippen LogP contribution in [-0.2, 0) is 19.4 Å². The van der Waals surface area contributed by atoms with Gasteiger partial charge in [-0.3, -0.25) is 10.3 Å². The highest BCUT2D eigenvalue weighted by atomic mass is 32.3. The van der Waals surface area contributed by atoms with E-state index in [0.717, 1.165) is 0 Å². The van der Waals surface area contributed by atoms with Crippen molar-refractivity contribution in [1.29, 1.82) is 0 Å². The molecule has 0 bridgehead atoms. The lowest BCUT2D eigenvalue weighted by molar-refractivity contribution is -0.144. The highest BCUT2D eigenvalue weighted by Crippen LogP contribution is 1.89. The van der Waals surface area contributed by atoms with Crippen molar-refractivity contribution in [2.45, 2.75) is 6.23 Å². The second kappa shape index (κ2) is 2.92. The summed E-state index contributed by atoms with van der Waals surface area (Å²) in [6, 6.07) is 0. The summed E-state index contributed by atoms with van der Waals surface area (Å²) in [5.41, 5.74) is 4.54. The van der Waals surface area contributed by atoms with Crippen LogP contribution in [0.3, 0.4) is 0 Å². The average Bonchev–Trinajstić information content (AvgIpc) is 1.60. The molecule has 0 heterocycles. The number of hydrogen-bond acceptors (Lipinski definition) is 5. The molecule has 4 N–H and O–H groups in total. The lowest BCUT2D eigenvalue weighted by Gasteiger charge is -2.02. The van der Waals surface area contributed by atoms with E-state index < -0.39 is 22.6 Å². The number of aliphatic carboxylic acids is 1. The highest BCUT2D eigenvalue weighted by Gasteiger charge is 2.18. The van der Waals surface area contributed by atoms with E-state index in [2.05, 4.69) is 9.92 Å². The number of rotatable bonds is 3. The van der Waals surface area contributed by atoms with Gasteiger partial charge < -0.3 is 5.11 Å². The van der Waals surface area contributed by atoms with E-state index in [1.807, 2.05) is 0 Å². The summed E-state index contributed by atoms with van der Waals surface area (Å²) in [5.74, 6) is -1.68. The Balaban J connectivity index is 4.06. The summed E-state index contributed by atoms with van der Waals surface area (Å²) in [6.07, 6.45) is -2.06. The number of nitrogens with two attached hydrogens (primary N) is 1. The molecule has 7 nitrogen and oxygen atoms in total. The van der Waals surface area contributed by atoms with Crippen molar-refractivity contribution in [2.75, 3.05) is 0 Å². The minimum atomic E-state index is -4.77. The maximum absolute atomic E-state index is 9.75. The smallest absolute Gasteiger partial charge is 0.399 e. The number of carbonyl (C=O) groups is 1. The van der Waals surface area contributed by atoms with Crippen LogP contribution >= 0.6 is 0 Å². The summed E-state index contributed by atoms with van der Waals surface area (Å²) >= 11 is 0. The SMILES string of the molecule is NC(OS(=O)(=O)O)C(=O)O. The summed E-state index contributed by atoms with van der Waals surface area (Å²) in [7, 11) is -4.77.